The lowest BCUT2D eigenvalue weighted by atomic mass is 9.74. The highest BCUT2D eigenvalue weighted by Crippen LogP contribution is 2.47. The van der Waals surface area contributed by atoms with Gasteiger partial charge in [-0.3, -0.25) is 0 Å². The van der Waals surface area contributed by atoms with Gasteiger partial charge in [0.15, 0.2) is 0 Å². The van der Waals surface area contributed by atoms with E-state index >= 15 is 0 Å². The fourth-order valence-corrected chi connectivity index (χ4v) is 6.03. The summed E-state index contributed by atoms with van der Waals surface area (Å²) in [6, 6.07) is 17.7. The first-order chi connectivity index (χ1) is 15.8. The first kappa shape index (κ1) is 19.4. The van der Waals surface area contributed by atoms with Gasteiger partial charge in [0.2, 0.25) is 0 Å². The Morgan fingerprint density at radius 1 is 0.750 bits per heavy atom. The summed E-state index contributed by atoms with van der Waals surface area (Å²) >= 11 is 0. The van der Waals surface area contributed by atoms with Crippen LogP contribution in [0, 0.1) is 11.3 Å². The predicted octanol–water partition coefficient (Wildman–Crippen LogP) is 4.92. The van der Waals surface area contributed by atoms with Gasteiger partial charge in [0, 0.05) is 32.4 Å². The minimum atomic E-state index is 0.929. The number of piperazine rings is 1. The molecule has 1 saturated heterocycles. The summed E-state index contributed by atoms with van der Waals surface area (Å²) in [6.45, 7) is 3.73. The number of fused-ring (bicyclic) bond motifs is 5. The topological polar surface area (TPSA) is 43.2 Å². The number of aryl methyl sites for hydroxylation is 1. The van der Waals surface area contributed by atoms with E-state index in [9.17, 15) is 5.26 Å². The third-order valence-electron chi connectivity index (χ3n) is 7.51. The van der Waals surface area contributed by atoms with Gasteiger partial charge < -0.3 is 9.80 Å². The Bertz CT molecular complexity index is 1200. The Labute approximate surface area is 190 Å². The first-order valence-corrected chi connectivity index (χ1v) is 11.9. The quantitative estimate of drug-likeness (QED) is 0.590. The molecule has 2 aromatic carbocycles. The molecule has 0 unspecified atom stereocenters. The molecule has 0 saturated carbocycles. The summed E-state index contributed by atoms with van der Waals surface area (Å²) in [5.41, 5.74) is 10.7. The van der Waals surface area contributed by atoms with E-state index in [1.807, 2.05) is 12.3 Å². The number of anilines is 2. The molecule has 0 bridgehead atoms. The number of rotatable bonds is 2. The zero-order valence-corrected chi connectivity index (χ0v) is 18.5. The number of aromatic nitrogens is 1. The van der Waals surface area contributed by atoms with Crippen molar-refractivity contribution < 1.29 is 0 Å². The largest absolute Gasteiger partial charge is 0.367 e. The van der Waals surface area contributed by atoms with Gasteiger partial charge in [-0.1, -0.05) is 30.3 Å². The van der Waals surface area contributed by atoms with Crippen molar-refractivity contribution in [2.24, 2.45) is 0 Å². The third-order valence-corrected chi connectivity index (χ3v) is 7.51. The van der Waals surface area contributed by atoms with Crippen LogP contribution in [0.4, 0.5) is 11.5 Å². The number of nitriles is 1. The van der Waals surface area contributed by atoms with Crippen molar-refractivity contribution in [3.8, 4) is 17.2 Å². The molecule has 1 fully saturated rings. The standard InChI is InChI=1S/C28H28N4/c29-19-25-22-9-3-4-10-23(22)27-21-8-2-1-7-20(21)12-13-24(27)28(25)32-17-15-31(16-18-32)26-11-5-6-14-30-26/h1-2,5-8,11,14H,3-4,9-10,12-13,15-18H2. The summed E-state index contributed by atoms with van der Waals surface area (Å²) in [7, 11) is 0. The van der Waals surface area contributed by atoms with Crippen LogP contribution >= 0.6 is 0 Å². The lowest BCUT2D eigenvalue weighted by Crippen LogP contribution is -2.47. The average Bonchev–Trinajstić information content (AvgIpc) is 2.88. The number of pyridine rings is 1. The van der Waals surface area contributed by atoms with Crippen molar-refractivity contribution in [1.82, 2.24) is 4.98 Å². The molecule has 1 aliphatic heterocycles. The van der Waals surface area contributed by atoms with Crippen LogP contribution in [0.2, 0.25) is 0 Å². The molecule has 0 N–H and O–H groups in total. The maximum atomic E-state index is 10.3. The van der Waals surface area contributed by atoms with Gasteiger partial charge in [-0.15, -0.1) is 0 Å². The second-order valence-corrected chi connectivity index (χ2v) is 9.17. The van der Waals surface area contributed by atoms with Crippen LogP contribution in [0.5, 0.6) is 0 Å². The Balaban J connectivity index is 1.46. The summed E-state index contributed by atoms with van der Waals surface area (Å²) < 4.78 is 0. The lowest BCUT2D eigenvalue weighted by molar-refractivity contribution is 0.640. The minimum absolute atomic E-state index is 0.929. The van der Waals surface area contributed by atoms with Crippen molar-refractivity contribution in [3.05, 3.63) is 76.5 Å². The first-order valence-electron chi connectivity index (χ1n) is 11.9. The van der Waals surface area contributed by atoms with Crippen molar-refractivity contribution in [2.75, 3.05) is 36.0 Å². The van der Waals surface area contributed by atoms with E-state index in [0.29, 0.717) is 0 Å². The van der Waals surface area contributed by atoms with E-state index in [2.05, 4.69) is 57.3 Å². The van der Waals surface area contributed by atoms with Crippen molar-refractivity contribution in [2.45, 2.75) is 38.5 Å². The second kappa shape index (κ2) is 7.98. The Morgan fingerprint density at radius 3 is 2.28 bits per heavy atom. The molecular formula is C28H28N4. The summed E-state index contributed by atoms with van der Waals surface area (Å²) in [5.74, 6) is 1.05. The zero-order valence-electron chi connectivity index (χ0n) is 18.5. The molecule has 0 spiro atoms. The molecule has 1 aromatic heterocycles. The van der Waals surface area contributed by atoms with E-state index in [1.54, 1.807) is 0 Å². The van der Waals surface area contributed by atoms with E-state index in [4.69, 9.17) is 0 Å². The Kier molecular flexibility index (Phi) is 4.83. The van der Waals surface area contributed by atoms with Gasteiger partial charge in [-0.2, -0.15) is 5.26 Å². The molecule has 2 aliphatic carbocycles. The van der Waals surface area contributed by atoms with Crippen molar-refractivity contribution in [3.63, 3.8) is 0 Å². The van der Waals surface area contributed by atoms with Crippen LogP contribution < -0.4 is 9.80 Å². The van der Waals surface area contributed by atoms with Gasteiger partial charge in [0.25, 0.3) is 0 Å². The van der Waals surface area contributed by atoms with Gasteiger partial charge in [-0.25, -0.2) is 4.98 Å². The average molecular weight is 421 g/mol. The predicted molar refractivity (Wildman–Crippen MR) is 129 cm³/mol. The van der Waals surface area contributed by atoms with Gasteiger partial charge in [0.05, 0.1) is 11.3 Å². The van der Waals surface area contributed by atoms with Gasteiger partial charge >= 0.3 is 0 Å². The van der Waals surface area contributed by atoms with Crippen molar-refractivity contribution >= 4 is 11.5 Å². The van der Waals surface area contributed by atoms with E-state index in [-0.39, 0.29) is 0 Å². The SMILES string of the molecule is N#Cc1c2c(c3c(c1N1CCN(c4ccccn4)CC1)CCc1ccccc1-3)CCCC2. The fraction of sp³-hybridized carbons (Fsp3) is 0.357. The van der Waals surface area contributed by atoms with Crippen LogP contribution in [-0.2, 0) is 25.7 Å². The normalized spacial score (nSPS) is 17.2. The highest BCUT2D eigenvalue weighted by Gasteiger charge is 2.32. The number of hydrogen-bond acceptors (Lipinski definition) is 4. The molecule has 3 aliphatic rings. The van der Waals surface area contributed by atoms with Crippen LogP contribution in [0.1, 0.15) is 40.7 Å². The second-order valence-electron chi connectivity index (χ2n) is 9.17. The van der Waals surface area contributed by atoms with E-state index in [0.717, 1.165) is 63.2 Å². The molecule has 4 heteroatoms. The molecule has 0 amide bonds. The van der Waals surface area contributed by atoms with Crippen LogP contribution in [0.25, 0.3) is 11.1 Å². The van der Waals surface area contributed by atoms with Crippen LogP contribution in [-0.4, -0.2) is 31.2 Å². The fourth-order valence-electron chi connectivity index (χ4n) is 6.03. The lowest BCUT2D eigenvalue weighted by Gasteiger charge is -2.40. The molecule has 4 nitrogen and oxygen atoms in total. The van der Waals surface area contributed by atoms with Gasteiger partial charge in [0.1, 0.15) is 11.9 Å². The van der Waals surface area contributed by atoms with Crippen molar-refractivity contribution in [1.29, 1.82) is 5.26 Å². The minimum Gasteiger partial charge on any atom is -0.367 e. The monoisotopic (exact) mass is 420 g/mol. The number of hydrogen-bond donors (Lipinski definition) is 0. The highest BCUT2D eigenvalue weighted by atomic mass is 15.3. The maximum absolute atomic E-state index is 10.3. The summed E-state index contributed by atoms with van der Waals surface area (Å²) in [5, 5.41) is 10.3. The number of nitrogens with zero attached hydrogens (tertiary/aromatic N) is 4. The molecular weight excluding hydrogens is 392 g/mol. The molecule has 0 atom stereocenters. The molecule has 32 heavy (non-hydrogen) atoms. The van der Waals surface area contributed by atoms with E-state index < -0.39 is 0 Å². The maximum Gasteiger partial charge on any atom is 0.128 e. The highest BCUT2D eigenvalue weighted by molar-refractivity contribution is 5.86. The molecule has 160 valence electrons. The molecule has 2 heterocycles. The Morgan fingerprint density at radius 2 is 1.50 bits per heavy atom. The molecule has 3 aromatic rings. The molecule has 0 radical (unpaired) electrons. The molecule has 6 rings (SSSR count). The van der Waals surface area contributed by atoms with Gasteiger partial charge in [-0.05, 0) is 84.0 Å². The zero-order chi connectivity index (χ0) is 21.5. The van der Waals surface area contributed by atoms with Crippen LogP contribution in [0.15, 0.2) is 48.7 Å². The van der Waals surface area contributed by atoms with E-state index in [1.165, 1.54) is 51.9 Å². The third kappa shape index (κ3) is 3.07. The smallest absolute Gasteiger partial charge is 0.128 e. The summed E-state index contributed by atoms with van der Waals surface area (Å²) in [6.07, 6.45) is 8.52. The summed E-state index contributed by atoms with van der Waals surface area (Å²) in [4.78, 5) is 9.41. The number of benzene rings is 2. The van der Waals surface area contributed by atoms with Crippen LogP contribution in [0.3, 0.4) is 0 Å². The Hall–Kier alpha value is -3.32.